The van der Waals surface area contributed by atoms with Crippen LogP contribution in [0.3, 0.4) is 0 Å². The van der Waals surface area contributed by atoms with Gasteiger partial charge >= 0.3 is 0 Å². The van der Waals surface area contributed by atoms with Gasteiger partial charge in [0.2, 0.25) is 0 Å². The average Bonchev–Trinajstić information content (AvgIpc) is 3.88. The Kier molecular flexibility index (Phi) is 8.35. The van der Waals surface area contributed by atoms with Crippen LogP contribution < -0.4 is 0 Å². The lowest BCUT2D eigenvalue weighted by molar-refractivity contribution is 0.466. The van der Waals surface area contributed by atoms with Crippen LogP contribution in [-0.2, 0) is 5.41 Å². The molecule has 1 N–H and O–H groups in total. The number of phenols is 1. The van der Waals surface area contributed by atoms with Crippen LogP contribution in [0.15, 0.2) is 127 Å². The Morgan fingerprint density at radius 1 is 0.641 bits per heavy atom. The fourth-order valence-electron chi connectivity index (χ4n) is 8.47. The lowest BCUT2D eigenvalue weighted by Gasteiger charge is -2.22. The van der Waals surface area contributed by atoms with Gasteiger partial charge in [-0.2, -0.15) is 0 Å². The molecule has 4 nitrogen and oxygen atoms in total. The van der Waals surface area contributed by atoms with Crippen LogP contribution in [0.2, 0.25) is 0 Å². The number of rotatable bonds is 10. The van der Waals surface area contributed by atoms with Crippen LogP contribution in [0.25, 0.3) is 72.7 Å². The molecule has 8 aromatic rings. The quantitative estimate of drug-likeness (QED) is 0.149. The van der Waals surface area contributed by atoms with Gasteiger partial charge in [-0.3, -0.25) is 9.55 Å². The molecule has 2 aromatic heterocycles. The number of aromatic nitrogens is 3. The summed E-state index contributed by atoms with van der Waals surface area (Å²) in [4.78, 5) is 10.1. The van der Waals surface area contributed by atoms with Crippen LogP contribution in [0, 0.1) is 13.7 Å². The fraction of sp³-hybridized carbons (Fsp3) is 0.300. The maximum Gasteiger partial charge on any atom is 0.149 e. The molecule has 2 heterocycles. The minimum atomic E-state index is -2.87. The number of fused-ring (bicyclic) bond motifs is 1. The average molecular weight is 857 g/mol. The first kappa shape index (κ1) is 30.8. The number of pyridine rings is 1. The van der Waals surface area contributed by atoms with E-state index in [0.717, 1.165) is 22.3 Å². The summed E-state index contributed by atoms with van der Waals surface area (Å²) >= 11 is 0. The van der Waals surface area contributed by atoms with Crippen molar-refractivity contribution in [2.75, 3.05) is 0 Å². The van der Waals surface area contributed by atoms with E-state index in [0.29, 0.717) is 50.1 Å². The van der Waals surface area contributed by atoms with Crippen molar-refractivity contribution in [3.63, 3.8) is 0 Å². The van der Waals surface area contributed by atoms with Gasteiger partial charge in [0.15, 0.2) is 0 Å². The second-order valence-corrected chi connectivity index (χ2v) is 18.7. The van der Waals surface area contributed by atoms with Crippen molar-refractivity contribution < 1.29 is 22.9 Å². The minimum absolute atomic E-state index is 0.0106. The first-order valence-electron chi connectivity index (χ1n) is 28.3. The third-order valence-corrected chi connectivity index (χ3v) is 12.0. The van der Waals surface area contributed by atoms with E-state index in [-0.39, 0.29) is 45.4 Å². The van der Waals surface area contributed by atoms with Crippen LogP contribution in [-0.4, -0.2) is 19.6 Å². The molecule has 64 heavy (non-hydrogen) atoms. The lowest BCUT2D eigenvalue weighted by Crippen LogP contribution is -2.11. The number of imidazole rings is 1. The SMILES string of the molecule is [2H]c1c([2H])c(C([2H])([2H])[2H])c([2H])c([2H])c1-c1ccnc(-c2cc(-c3cccc4c3nc(-c3cc(C([2H])(C)C)cc(C([2H])(C)C)c3O)n4-c3ccc(-c4c(C(C)C)cccc4C([2H])(C)C)cc3C([2H])([2H])[2H])cc(C(C)(C)C)c2)c1. The third-order valence-electron chi connectivity index (χ3n) is 12.0. The van der Waals surface area contributed by atoms with Crippen LogP contribution >= 0.6 is 0 Å². The second-order valence-electron chi connectivity index (χ2n) is 18.7. The van der Waals surface area contributed by atoms with Crippen molar-refractivity contribution in [2.24, 2.45) is 0 Å². The highest BCUT2D eigenvalue weighted by molar-refractivity contribution is 5.97. The molecule has 0 unspecified atom stereocenters. The Morgan fingerprint density at radius 3 is 2.03 bits per heavy atom. The first-order chi connectivity index (χ1) is 35.4. The fourth-order valence-corrected chi connectivity index (χ4v) is 8.47. The predicted octanol–water partition coefficient (Wildman–Crippen LogP) is 16.9. The second kappa shape index (κ2) is 17.4. The number of benzene rings is 6. The zero-order chi connectivity index (χ0) is 57.0. The summed E-state index contributed by atoms with van der Waals surface area (Å²) in [7, 11) is 0. The topological polar surface area (TPSA) is 50.9 Å². The van der Waals surface area contributed by atoms with Gasteiger partial charge in [0.1, 0.15) is 11.6 Å². The number of nitrogens with zero attached hydrogens (tertiary/aromatic N) is 3. The molecular weight excluding hydrogens is 779 g/mol. The molecule has 0 atom stereocenters. The molecule has 0 aliphatic heterocycles. The van der Waals surface area contributed by atoms with E-state index in [1.807, 2.05) is 74.5 Å². The van der Waals surface area contributed by atoms with Crippen LogP contribution in [0.5, 0.6) is 5.75 Å². The van der Waals surface area contributed by atoms with Gasteiger partial charge in [0.05, 0.1) is 33.5 Å². The van der Waals surface area contributed by atoms with E-state index >= 15 is 0 Å². The van der Waals surface area contributed by atoms with Crippen molar-refractivity contribution in [3.05, 3.63) is 166 Å². The molecule has 0 saturated heterocycles. The lowest BCUT2D eigenvalue weighted by atomic mass is 9.83. The number of hydrogen-bond acceptors (Lipinski definition) is 3. The van der Waals surface area contributed by atoms with Crippen LogP contribution in [0.4, 0.5) is 0 Å². The molecule has 6 aromatic carbocycles. The van der Waals surface area contributed by atoms with Crippen molar-refractivity contribution in [1.29, 1.82) is 0 Å². The zero-order valence-corrected chi connectivity index (χ0v) is 38.7. The van der Waals surface area contributed by atoms with E-state index in [2.05, 4.69) is 34.6 Å². The number of hydrogen-bond donors (Lipinski definition) is 1. The minimum Gasteiger partial charge on any atom is -0.507 e. The van der Waals surface area contributed by atoms with Gasteiger partial charge in [-0.05, 0) is 152 Å². The molecule has 0 aliphatic rings. The Balaban J connectivity index is 1.46. The Hall–Kier alpha value is -6.26. The highest BCUT2D eigenvalue weighted by atomic mass is 16.3. The molecule has 0 radical (unpaired) electrons. The summed E-state index contributed by atoms with van der Waals surface area (Å²) in [6, 6.07) is 27.0. The molecule has 0 aliphatic carbocycles. The van der Waals surface area contributed by atoms with Crippen molar-refractivity contribution in [3.8, 4) is 67.5 Å². The molecule has 4 heteroatoms. The van der Waals surface area contributed by atoms with Gasteiger partial charge in [0.25, 0.3) is 0 Å². The maximum absolute atomic E-state index is 12.4. The molecule has 0 spiro atoms. The van der Waals surface area contributed by atoms with Crippen molar-refractivity contribution in [1.82, 2.24) is 14.5 Å². The Bertz CT molecular complexity index is 3610. The van der Waals surface area contributed by atoms with Gasteiger partial charge in [-0.1, -0.05) is 154 Å². The number of aryl methyl sites for hydroxylation is 1. The van der Waals surface area contributed by atoms with E-state index in [4.69, 9.17) is 25.0 Å². The maximum atomic E-state index is 12.4. The molecule has 0 bridgehead atoms. The Labute approximate surface area is 400 Å². The number of para-hydroxylation sites is 1. The Morgan fingerprint density at radius 2 is 1.36 bits per heavy atom. The first-order valence-corrected chi connectivity index (χ1v) is 21.8. The monoisotopic (exact) mass is 857 g/mol. The van der Waals surface area contributed by atoms with Gasteiger partial charge < -0.3 is 5.11 Å². The molecule has 8 rings (SSSR count). The predicted molar refractivity (Wildman–Crippen MR) is 272 cm³/mol. The smallest absolute Gasteiger partial charge is 0.149 e. The van der Waals surface area contributed by atoms with E-state index in [1.165, 1.54) is 6.20 Å². The highest BCUT2D eigenvalue weighted by Crippen LogP contribution is 2.45. The summed E-state index contributed by atoms with van der Waals surface area (Å²) in [5.41, 5.74) is 7.62. The molecular formula is C60H65N3O. The molecule has 0 amide bonds. The summed E-state index contributed by atoms with van der Waals surface area (Å²) < 4.78 is 115. The van der Waals surface area contributed by atoms with E-state index in [9.17, 15) is 7.85 Å². The van der Waals surface area contributed by atoms with Gasteiger partial charge in [0, 0.05) is 29.7 Å². The normalized spacial score (nSPS) is 16.0. The van der Waals surface area contributed by atoms with Crippen LogP contribution in [0.1, 0.15) is 157 Å². The molecule has 326 valence electrons. The van der Waals surface area contributed by atoms with E-state index in [1.54, 1.807) is 68.7 Å². The summed E-state index contributed by atoms with van der Waals surface area (Å²) in [6.45, 7) is 15.1. The molecule has 0 fully saturated rings. The highest BCUT2D eigenvalue weighted by Gasteiger charge is 2.26. The van der Waals surface area contributed by atoms with Crippen molar-refractivity contribution in [2.45, 2.75) is 119 Å². The summed E-state index contributed by atoms with van der Waals surface area (Å²) in [5, 5.41) is 12.4. The number of aromatic hydroxyl groups is 1. The van der Waals surface area contributed by atoms with Crippen molar-refractivity contribution >= 4 is 11.0 Å². The standard InChI is InChI=1S/C60H65N3O/c1-35(2)44-32-51(38(7)8)58(64)52(33-44)59-62-57-50(45-29-46(31-47(30-45)60(11,12)13)53-34-42(26-27-61-53)41-22-20-39(9)21-23-41)18-15-19-55(57)63(59)54-25-24-43(28-40(54)10)56-48(36(3)4)16-14-17-49(56)37(5)6/h14-38,64H,1-13H3/i9D3,10D3,20D,21D,22D,23D,35D,36D,38D. The third kappa shape index (κ3) is 8.43. The van der Waals surface area contributed by atoms with Gasteiger partial charge in [-0.25, -0.2) is 4.98 Å². The summed E-state index contributed by atoms with van der Waals surface area (Å²) in [6.07, 6.45) is 1.50. The van der Waals surface area contributed by atoms with E-state index < -0.39 is 66.5 Å². The zero-order valence-electron chi connectivity index (χ0n) is 51.7. The number of phenolic OH excluding ortho intramolecular Hbond substituents is 1. The molecule has 0 saturated carbocycles. The van der Waals surface area contributed by atoms with Gasteiger partial charge in [-0.15, -0.1) is 0 Å². The summed E-state index contributed by atoms with van der Waals surface area (Å²) in [5.74, 6) is -3.60. The largest absolute Gasteiger partial charge is 0.507 e.